The average Bonchev–Trinajstić information content (AvgIpc) is 2.87. The van der Waals surface area contributed by atoms with Crippen molar-refractivity contribution in [1.82, 2.24) is 0 Å². The molecule has 2 rings (SSSR count). The van der Waals surface area contributed by atoms with Crippen LogP contribution in [0.25, 0.3) is 0 Å². The minimum absolute atomic E-state index is 0.100. The summed E-state index contributed by atoms with van der Waals surface area (Å²) in [4.78, 5) is 0. The van der Waals surface area contributed by atoms with E-state index in [0.717, 1.165) is 27.4 Å². The van der Waals surface area contributed by atoms with Crippen molar-refractivity contribution >= 4 is 27.5 Å². The van der Waals surface area contributed by atoms with Crippen LogP contribution in [0.15, 0.2) is 22.7 Å². The summed E-state index contributed by atoms with van der Waals surface area (Å²) in [5.74, 6) is 0.838. The van der Waals surface area contributed by atoms with Crippen molar-refractivity contribution in [3.8, 4) is 0 Å². The number of hydrogen-bond acceptors (Lipinski definition) is 1. The second kappa shape index (κ2) is 4.21. The lowest BCUT2D eigenvalue weighted by molar-refractivity contribution is 0.597. The predicted octanol–water partition coefficient (Wildman–Crippen LogP) is 3.90. The maximum atomic E-state index is 6.12. The van der Waals surface area contributed by atoms with Crippen molar-refractivity contribution < 1.29 is 0 Å². The second-order valence-electron chi connectivity index (χ2n) is 3.95. The van der Waals surface area contributed by atoms with Crippen LogP contribution in [0.3, 0.4) is 0 Å². The molecule has 1 aliphatic rings. The van der Waals surface area contributed by atoms with Gasteiger partial charge in [0, 0.05) is 15.5 Å². The standard InChI is InChI=1S/C11H13BrClN/c12-8-3-4-9(10(13)6-8)11(14)5-7-1-2-7/h3-4,6-7,11H,1-2,5,14H2/t11-/m1/s1. The summed E-state index contributed by atoms with van der Waals surface area (Å²) >= 11 is 9.50. The first kappa shape index (κ1) is 10.5. The molecular formula is C11H13BrClN. The van der Waals surface area contributed by atoms with Crippen molar-refractivity contribution in [2.24, 2.45) is 11.7 Å². The molecule has 1 atom stereocenters. The van der Waals surface area contributed by atoms with Crippen LogP contribution < -0.4 is 5.73 Å². The van der Waals surface area contributed by atoms with Gasteiger partial charge in [0.15, 0.2) is 0 Å². The summed E-state index contributed by atoms with van der Waals surface area (Å²) in [5.41, 5.74) is 7.16. The van der Waals surface area contributed by atoms with Gasteiger partial charge in [-0.15, -0.1) is 0 Å². The molecule has 3 heteroatoms. The van der Waals surface area contributed by atoms with Crippen LogP contribution in [0.1, 0.15) is 30.9 Å². The van der Waals surface area contributed by atoms with E-state index in [9.17, 15) is 0 Å². The van der Waals surface area contributed by atoms with E-state index < -0.39 is 0 Å². The van der Waals surface area contributed by atoms with Gasteiger partial charge < -0.3 is 5.73 Å². The van der Waals surface area contributed by atoms with Crippen molar-refractivity contribution in [3.05, 3.63) is 33.3 Å². The van der Waals surface area contributed by atoms with Gasteiger partial charge in [-0.05, 0) is 30.0 Å². The smallest absolute Gasteiger partial charge is 0.0464 e. The molecule has 0 aromatic heterocycles. The third-order valence-corrected chi connectivity index (χ3v) is 3.47. The first-order valence-corrected chi connectivity index (χ1v) is 6.04. The Morgan fingerprint density at radius 2 is 2.21 bits per heavy atom. The molecule has 0 radical (unpaired) electrons. The van der Waals surface area contributed by atoms with E-state index in [2.05, 4.69) is 15.9 Å². The topological polar surface area (TPSA) is 26.0 Å². The molecule has 1 fully saturated rings. The number of rotatable bonds is 3. The van der Waals surface area contributed by atoms with Gasteiger partial charge in [-0.2, -0.15) is 0 Å². The average molecular weight is 275 g/mol. The van der Waals surface area contributed by atoms with Crippen LogP contribution in [0, 0.1) is 5.92 Å². The van der Waals surface area contributed by atoms with E-state index in [4.69, 9.17) is 17.3 Å². The first-order valence-electron chi connectivity index (χ1n) is 4.87. The Hall–Kier alpha value is -0.0500. The SMILES string of the molecule is N[C@H](CC1CC1)c1ccc(Br)cc1Cl. The second-order valence-corrected chi connectivity index (χ2v) is 5.27. The highest BCUT2D eigenvalue weighted by Crippen LogP contribution is 2.38. The van der Waals surface area contributed by atoms with E-state index >= 15 is 0 Å². The Morgan fingerprint density at radius 3 is 2.79 bits per heavy atom. The quantitative estimate of drug-likeness (QED) is 0.889. The molecule has 1 aromatic rings. The Kier molecular flexibility index (Phi) is 3.15. The number of halogens is 2. The van der Waals surface area contributed by atoms with Crippen LogP contribution in [0.5, 0.6) is 0 Å². The fourth-order valence-corrected chi connectivity index (χ4v) is 2.46. The van der Waals surface area contributed by atoms with E-state index in [0.29, 0.717) is 0 Å². The highest BCUT2D eigenvalue weighted by atomic mass is 79.9. The maximum absolute atomic E-state index is 6.12. The third-order valence-electron chi connectivity index (χ3n) is 2.65. The van der Waals surface area contributed by atoms with Crippen LogP contribution >= 0.6 is 27.5 Å². The Morgan fingerprint density at radius 1 is 1.50 bits per heavy atom. The number of hydrogen-bond donors (Lipinski definition) is 1. The summed E-state index contributed by atoms with van der Waals surface area (Å²) in [6.45, 7) is 0. The zero-order chi connectivity index (χ0) is 10.1. The molecule has 0 heterocycles. The summed E-state index contributed by atoms with van der Waals surface area (Å²) in [6.07, 6.45) is 3.74. The van der Waals surface area contributed by atoms with E-state index in [-0.39, 0.29) is 6.04 Å². The van der Waals surface area contributed by atoms with E-state index in [1.807, 2.05) is 18.2 Å². The van der Waals surface area contributed by atoms with Crippen molar-refractivity contribution in [1.29, 1.82) is 0 Å². The third kappa shape index (κ3) is 2.50. The summed E-state index contributed by atoms with van der Waals surface area (Å²) < 4.78 is 1.00. The number of benzene rings is 1. The lowest BCUT2D eigenvalue weighted by Gasteiger charge is -2.13. The fourth-order valence-electron chi connectivity index (χ4n) is 1.64. The van der Waals surface area contributed by atoms with Crippen LogP contribution in [0.2, 0.25) is 5.02 Å². The molecule has 0 bridgehead atoms. The first-order chi connectivity index (χ1) is 6.66. The van der Waals surface area contributed by atoms with Crippen LogP contribution in [-0.2, 0) is 0 Å². The van der Waals surface area contributed by atoms with E-state index in [1.165, 1.54) is 12.8 Å². The highest BCUT2D eigenvalue weighted by molar-refractivity contribution is 9.10. The summed E-state index contributed by atoms with van der Waals surface area (Å²) in [6, 6.07) is 6.01. The predicted molar refractivity (Wildman–Crippen MR) is 63.4 cm³/mol. The van der Waals surface area contributed by atoms with Crippen LogP contribution in [-0.4, -0.2) is 0 Å². The van der Waals surface area contributed by atoms with E-state index in [1.54, 1.807) is 0 Å². The molecule has 76 valence electrons. The largest absolute Gasteiger partial charge is 0.324 e. The molecule has 0 unspecified atom stereocenters. The Labute approximate surface area is 97.8 Å². The maximum Gasteiger partial charge on any atom is 0.0464 e. The zero-order valence-electron chi connectivity index (χ0n) is 7.84. The molecule has 0 saturated heterocycles. The zero-order valence-corrected chi connectivity index (χ0v) is 10.2. The molecule has 2 N–H and O–H groups in total. The van der Waals surface area contributed by atoms with Crippen molar-refractivity contribution in [3.63, 3.8) is 0 Å². The Balaban J connectivity index is 2.13. The van der Waals surface area contributed by atoms with Gasteiger partial charge in [-0.3, -0.25) is 0 Å². The van der Waals surface area contributed by atoms with Crippen molar-refractivity contribution in [2.75, 3.05) is 0 Å². The van der Waals surface area contributed by atoms with Gasteiger partial charge in [0.1, 0.15) is 0 Å². The normalized spacial score (nSPS) is 18.2. The van der Waals surface area contributed by atoms with Gasteiger partial charge >= 0.3 is 0 Å². The lowest BCUT2D eigenvalue weighted by atomic mass is 10.0. The molecular weight excluding hydrogens is 261 g/mol. The molecule has 0 spiro atoms. The minimum Gasteiger partial charge on any atom is -0.324 e. The van der Waals surface area contributed by atoms with Gasteiger partial charge in [0.05, 0.1) is 0 Å². The molecule has 0 aliphatic heterocycles. The molecule has 1 nitrogen and oxygen atoms in total. The molecule has 14 heavy (non-hydrogen) atoms. The van der Waals surface area contributed by atoms with Crippen LogP contribution in [0.4, 0.5) is 0 Å². The monoisotopic (exact) mass is 273 g/mol. The molecule has 1 aliphatic carbocycles. The van der Waals surface area contributed by atoms with Gasteiger partial charge in [0.25, 0.3) is 0 Å². The molecule has 0 amide bonds. The Bertz CT molecular complexity index is 336. The minimum atomic E-state index is 0.100. The fraction of sp³-hybridized carbons (Fsp3) is 0.455. The molecule has 1 saturated carbocycles. The highest BCUT2D eigenvalue weighted by Gasteiger charge is 2.25. The lowest BCUT2D eigenvalue weighted by Crippen LogP contribution is -2.11. The van der Waals surface area contributed by atoms with Crippen molar-refractivity contribution in [2.45, 2.75) is 25.3 Å². The summed E-state index contributed by atoms with van der Waals surface area (Å²) in [7, 11) is 0. The number of nitrogens with two attached hydrogens (primary N) is 1. The van der Waals surface area contributed by atoms with Gasteiger partial charge in [0.2, 0.25) is 0 Å². The van der Waals surface area contributed by atoms with Gasteiger partial charge in [-0.1, -0.05) is 46.4 Å². The summed E-state index contributed by atoms with van der Waals surface area (Å²) in [5, 5.41) is 0.771. The molecule has 1 aromatic carbocycles. The van der Waals surface area contributed by atoms with Gasteiger partial charge in [-0.25, -0.2) is 0 Å².